The van der Waals surface area contributed by atoms with Crippen LogP contribution in [0, 0.1) is 5.82 Å². The van der Waals surface area contributed by atoms with Gasteiger partial charge in [0.15, 0.2) is 0 Å². The van der Waals surface area contributed by atoms with E-state index in [0.29, 0.717) is 6.42 Å². The molecule has 0 saturated heterocycles. The summed E-state index contributed by atoms with van der Waals surface area (Å²) in [5.74, 6) is -0.185. The molecule has 0 aliphatic carbocycles. The second-order valence-corrected chi connectivity index (χ2v) is 5.79. The third-order valence-electron chi connectivity index (χ3n) is 3.45. The van der Waals surface area contributed by atoms with Crippen LogP contribution < -0.4 is 5.32 Å². The Labute approximate surface area is 135 Å². The van der Waals surface area contributed by atoms with E-state index in [0.717, 1.165) is 29.2 Å². The predicted molar refractivity (Wildman–Crippen MR) is 87.9 cm³/mol. The Kier molecular flexibility index (Phi) is 6.04. The normalized spacial score (nSPS) is 12.4. The van der Waals surface area contributed by atoms with Crippen molar-refractivity contribution in [2.75, 3.05) is 13.1 Å². The molecule has 0 saturated carbocycles. The van der Waals surface area contributed by atoms with Crippen LogP contribution in [0.25, 0.3) is 0 Å². The molecule has 0 bridgehead atoms. The number of halogens is 3. The van der Waals surface area contributed by atoms with Crippen LogP contribution in [0.5, 0.6) is 0 Å². The summed E-state index contributed by atoms with van der Waals surface area (Å²) in [6, 6.07) is 12.8. The average Bonchev–Trinajstić information content (AvgIpc) is 2.48. The van der Waals surface area contributed by atoms with Gasteiger partial charge in [-0.05, 0) is 42.3 Å². The van der Waals surface area contributed by atoms with Crippen molar-refractivity contribution in [1.29, 1.82) is 0 Å². The van der Waals surface area contributed by atoms with Gasteiger partial charge in [-0.2, -0.15) is 0 Å². The fourth-order valence-electron chi connectivity index (χ4n) is 2.37. The summed E-state index contributed by atoms with van der Waals surface area (Å²) in [6.45, 7) is 3.74. The van der Waals surface area contributed by atoms with Gasteiger partial charge in [-0.3, -0.25) is 0 Å². The summed E-state index contributed by atoms with van der Waals surface area (Å²) in [5.41, 5.74) is 2.00. The third-order valence-corrected chi connectivity index (χ3v) is 4.10. The van der Waals surface area contributed by atoms with Gasteiger partial charge in [-0.1, -0.05) is 54.4 Å². The van der Waals surface area contributed by atoms with Crippen LogP contribution >= 0.6 is 23.2 Å². The predicted octanol–water partition coefficient (Wildman–Crippen LogP) is 5.07. The van der Waals surface area contributed by atoms with Crippen LogP contribution in [0.4, 0.5) is 4.39 Å². The van der Waals surface area contributed by atoms with Gasteiger partial charge >= 0.3 is 0 Å². The molecule has 0 spiro atoms. The monoisotopic (exact) mass is 325 g/mol. The van der Waals surface area contributed by atoms with Gasteiger partial charge in [-0.15, -0.1) is 0 Å². The SMILES string of the molecule is CCNCC(Cc1ccc(Cl)c(F)c1)c1ccccc1Cl. The van der Waals surface area contributed by atoms with E-state index in [4.69, 9.17) is 23.2 Å². The lowest BCUT2D eigenvalue weighted by Gasteiger charge is -2.19. The van der Waals surface area contributed by atoms with Gasteiger partial charge < -0.3 is 5.32 Å². The van der Waals surface area contributed by atoms with E-state index in [-0.39, 0.29) is 16.8 Å². The summed E-state index contributed by atoms with van der Waals surface area (Å²) < 4.78 is 13.6. The molecule has 1 unspecified atom stereocenters. The van der Waals surface area contributed by atoms with E-state index in [1.807, 2.05) is 30.3 Å². The smallest absolute Gasteiger partial charge is 0.142 e. The molecule has 2 aromatic rings. The van der Waals surface area contributed by atoms with E-state index in [9.17, 15) is 4.39 Å². The zero-order valence-corrected chi connectivity index (χ0v) is 13.4. The van der Waals surface area contributed by atoms with Gasteiger partial charge in [0.25, 0.3) is 0 Å². The summed E-state index contributed by atoms with van der Waals surface area (Å²) in [7, 11) is 0. The first-order valence-electron chi connectivity index (χ1n) is 7.01. The maximum absolute atomic E-state index is 13.6. The molecule has 0 fully saturated rings. The first-order chi connectivity index (χ1) is 10.1. The van der Waals surface area contributed by atoms with Crippen molar-refractivity contribution in [3.63, 3.8) is 0 Å². The Morgan fingerprint density at radius 2 is 1.86 bits per heavy atom. The highest BCUT2D eigenvalue weighted by atomic mass is 35.5. The van der Waals surface area contributed by atoms with Crippen LogP contribution in [0.1, 0.15) is 24.0 Å². The topological polar surface area (TPSA) is 12.0 Å². The fraction of sp³-hybridized carbons (Fsp3) is 0.294. The summed E-state index contributed by atoms with van der Waals surface area (Å²) in [6.07, 6.45) is 0.713. The van der Waals surface area contributed by atoms with Crippen molar-refractivity contribution in [3.8, 4) is 0 Å². The number of benzene rings is 2. The summed E-state index contributed by atoms with van der Waals surface area (Å²) >= 11 is 12.0. The van der Waals surface area contributed by atoms with Gasteiger partial charge in [0.05, 0.1) is 5.02 Å². The number of hydrogen-bond acceptors (Lipinski definition) is 1. The maximum Gasteiger partial charge on any atom is 0.142 e. The lowest BCUT2D eigenvalue weighted by Crippen LogP contribution is -2.23. The zero-order chi connectivity index (χ0) is 15.2. The van der Waals surface area contributed by atoms with Gasteiger partial charge in [0.1, 0.15) is 5.82 Å². The minimum absolute atomic E-state index is 0.153. The van der Waals surface area contributed by atoms with E-state index in [2.05, 4.69) is 12.2 Å². The van der Waals surface area contributed by atoms with Crippen molar-refractivity contribution >= 4 is 23.2 Å². The Bertz CT molecular complexity index is 601. The van der Waals surface area contributed by atoms with Crippen LogP contribution in [-0.2, 0) is 6.42 Å². The van der Waals surface area contributed by atoms with Crippen molar-refractivity contribution in [3.05, 3.63) is 69.5 Å². The minimum Gasteiger partial charge on any atom is -0.316 e. The second-order valence-electron chi connectivity index (χ2n) is 4.98. The minimum atomic E-state index is -0.379. The molecule has 1 N–H and O–H groups in total. The van der Waals surface area contributed by atoms with Crippen molar-refractivity contribution < 1.29 is 4.39 Å². The number of rotatable bonds is 6. The lowest BCUT2D eigenvalue weighted by molar-refractivity contribution is 0.588. The van der Waals surface area contributed by atoms with E-state index in [1.165, 1.54) is 6.07 Å². The second kappa shape index (κ2) is 7.79. The Balaban J connectivity index is 2.24. The molecule has 21 heavy (non-hydrogen) atoms. The van der Waals surface area contributed by atoms with Crippen LogP contribution in [0.2, 0.25) is 10.0 Å². The molecule has 0 aliphatic rings. The van der Waals surface area contributed by atoms with E-state index >= 15 is 0 Å². The van der Waals surface area contributed by atoms with Crippen LogP contribution in [0.3, 0.4) is 0 Å². The molecule has 0 aromatic heterocycles. The van der Waals surface area contributed by atoms with Crippen LogP contribution in [-0.4, -0.2) is 13.1 Å². The Morgan fingerprint density at radius 1 is 1.10 bits per heavy atom. The average molecular weight is 326 g/mol. The maximum atomic E-state index is 13.6. The molecule has 0 amide bonds. The lowest BCUT2D eigenvalue weighted by atomic mass is 9.91. The molecule has 4 heteroatoms. The molecule has 1 atom stereocenters. The highest BCUT2D eigenvalue weighted by molar-refractivity contribution is 6.31. The molecular weight excluding hydrogens is 308 g/mol. The number of hydrogen-bond donors (Lipinski definition) is 1. The molecule has 2 aromatic carbocycles. The molecule has 2 rings (SSSR count). The molecule has 1 nitrogen and oxygen atoms in total. The third kappa shape index (κ3) is 4.44. The highest BCUT2D eigenvalue weighted by Crippen LogP contribution is 2.28. The summed E-state index contributed by atoms with van der Waals surface area (Å²) in [5, 5.41) is 4.24. The largest absolute Gasteiger partial charge is 0.316 e. The standard InChI is InChI=1S/C17H18Cl2FN/c1-2-21-11-13(14-5-3-4-6-15(14)18)9-12-7-8-16(19)17(20)10-12/h3-8,10,13,21H,2,9,11H2,1H3. The van der Waals surface area contributed by atoms with E-state index < -0.39 is 0 Å². The quantitative estimate of drug-likeness (QED) is 0.782. The fourth-order valence-corrected chi connectivity index (χ4v) is 2.78. The van der Waals surface area contributed by atoms with Gasteiger partial charge in [0, 0.05) is 17.5 Å². The van der Waals surface area contributed by atoms with Crippen molar-refractivity contribution in [2.45, 2.75) is 19.3 Å². The summed E-state index contributed by atoms with van der Waals surface area (Å²) in [4.78, 5) is 0. The van der Waals surface area contributed by atoms with Crippen LogP contribution in [0.15, 0.2) is 42.5 Å². The van der Waals surface area contributed by atoms with Gasteiger partial charge in [0.2, 0.25) is 0 Å². The molecule has 0 heterocycles. The first kappa shape index (κ1) is 16.3. The number of nitrogens with one attached hydrogen (secondary N) is 1. The molecule has 0 radical (unpaired) electrons. The molecule has 112 valence electrons. The Hall–Kier alpha value is -1.09. The van der Waals surface area contributed by atoms with E-state index in [1.54, 1.807) is 6.07 Å². The number of likely N-dealkylation sites (N-methyl/N-ethyl adjacent to an activating group) is 1. The van der Waals surface area contributed by atoms with Gasteiger partial charge in [-0.25, -0.2) is 4.39 Å². The zero-order valence-electron chi connectivity index (χ0n) is 11.9. The Morgan fingerprint density at radius 3 is 2.52 bits per heavy atom. The van der Waals surface area contributed by atoms with Crippen molar-refractivity contribution in [2.24, 2.45) is 0 Å². The first-order valence-corrected chi connectivity index (χ1v) is 7.76. The molecule has 0 aliphatic heterocycles. The highest BCUT2D eigenvalue weighted by Gasteiger charge is 2.15. The van der Waals surface area contributed by atoms with Crippen molar-refractivity contribution in [1.82, 2.24) is 5.32 Å². The molecular formula is C17H18Cl2FN.